The van der Waals surface area contributed by atoms with E-state index < -0.39 is 7.12 Å². The van der Waals surface area contributed by atoms with Gasteiger partial charge in [0.2, 0.25) is 0 Å². The second kappa shape index (κ2) is 24.0. The van der Waals surface area contributed by atoms with Crippen LogP contribution in [0.5, 0.6) is 0 Å². The molecule has 0 spiro atoms. The van der Waals surface area contributed by atoms with Gasteiger partial charge in [0.1, 0.15) is 5.78 Å². The van der Waals surface area contributed by atoms with Crippen molar-refractivity contribution >= 4 is 90.5 Å². The molecular weight excluding hydrogens is 914 g/mol. The van der Waals surface area contributed by atoms with E-state index in [0.717, 1.165) is 38.7 Å². The van der Waals surface area contributed by atoms with Gasteiger partial charge >= 0.3 is 7.12 Å². The lowest BCUT2D eigenvalue weighted by Crippen LogP contribution is -2.29. The van der Waals surface area contributed by atoms with Gasteiger partial charge in [-0.25, -0.2) is 9.97 Å². The Kier molecular flexibility index (Phi) is 19.5. The Hall–Kier alpha value is -4.64. The number of ketones is 1. The zero-order chi connectivity index (χ0) is 38.7. The van der Waals surface area contributed by atoms with Crippen LogP contribution in [-0.4, -0.2) is 58.2 Å². The van der Waals surface area contributed by atoms with Crippen LogP contribution in [0.15, 0.2) is 143 Å². The van der Waals surface area contributed by atoms with Gasteiger partial charge in [-0.05, 0) is 81.8 Å². The summed E-state index contributed by atoms with van der Waals surface area (Å²) >= 11 is 9.86. The van der Waals surface area contributed by atoms with Crippen LogP contribution in [0, 0.1) is 0 Å². The first-order chi connectivity index (χ1) is 26.1. The molecule has 3 aromatic carbocycles. The van der Waals surface area contributed by atoms with Crippen LogP contribution in [0.2, 0.25) is 0 Å². The molecule has 8 N–H and O–H groups in total. The minimum atomic E-state index is -1.38. The largest absolute Gasteiger partial charge is 0.488 e. The summed E-state index contributed by atoms with van der Waals surface area (Å²) in [5.74, 6) is 1.14. The number of anilines is 2. The molecule has 4 heterocycles. The number of aromatic amines is 2. The maximum absolute atomic E-state index is 11.0. The van der Waals surface area contributed by atoms with Crippen molar-refractivity contribution in [3.05, 3.63) is 171 Å². The summed E-state index contributed by atoms with van der Waals surface area (Å²) in [5, 5.41) is 17.5. The fraction of sp³-hybridized carbons (Fsp3) is 0.103. The Balaban J connectivity index is 0.000000203. The molecule has 55 heavy (non-hydrogen) atoms. The van der Waals surface area contributed by atoms with Gasteiger partial charge in [-0.1, -0.05) is 96.3 Å². The first kappa shape index (κ1) is 44.8. The average Bonchev–Trinajstić information content (AvgIpc) is 3.81. The van der Waals surface area contributed by atoms with Crippen molar-refractivity contribution in [1.82, 2.24) is 29.9 Å². The first-order valence-electron chi connectivity index (χ1n) is 16.5. The molecule has 7 aromatic rings. The number of nitrogens with one attached hydrogen (secondary N) is 2. The number of nitrogen functional groups attached to an aromatic ring is 2. The summed E-state index contributed by atoms with van der Waals surface area (Å²) in [6.07, 6.45) is 12.3. The van der Waals surface area contributed by atoms with Crippen LogP contribution in [-0.2, 0) is 24.1 Å². The lowest BCUT2D eigenvalue weighted by molar-refractivity contribution is -0.115. The predicted molar refractivity (Wildman–Crippen MR) is 233 cm³/mol. The van der Waals surface area contributed by atoms with Crippen LogP contribution in [0.25, 0.3) is 11.1 Å². The smallest absolute Gasteiger partial charge is 0.423 e. The molecule has 0 radical (unpaired) electrons. The third-order valence-electron chi connectivity index (χ3n) is 7.43. The maximum Gasteiger partial charge on any atom is 0.488 e. The lowest BCUT2D eigenvalue weighted by Gasteiger charge is -2.03. The van der Waals surface area contributed by atoms with Crippen molar-refractivity contribution in [3.63, 3.8) is 0 Å². The number of hydrogen-bond donors (Lipinski definition) is 6. The van der Waals surface area contributed by atoms with Crippen molar-refractivity contribution in [1.29, 1.82) is 0 Å². The third-order valence-corrected chi connectivity index (χ3v) is 9.12. The monoisotopic (exact) mass is 950 g/mol. The number of hydrogen-bond acceptors (Lipinski definition) is 9. The fourth-order valence-electron chi connectivity index (χ4n) is 4.75. The number of carbonyl (C=O) groups excluding carboxylic acids is 1. The van der Waals surface area contributed by atoms with E-state index in [1.165, 1.54) is 34.6 Å². The number of imidazole rings is 2. The number of pyridine rings is 2. The van der Waals surface area contributed by atoms with Crippen molar-refractivity contribution in [2.75, 3.05) is 16.8 Å². The summed E-state index contributed by atoms with van der Waals surface area (Å²) in [5.41, 5.74) is 19.4. The maximum atomic E-state index is 11.0. The van der Waals surface area contributed by atoms with Crippen LogP contribution in [0.3, 0.4) is 0 Å². The Bertz CT molecular complexity index is 2130. The van der Waals surface area contributed by atoms with Gasteiger partial charge in [0.15, 0.2) is 11.9 Å². The molecule has 0 saturated heterocycles. The molecule has 0 amide bonds. The van der Waals surface area contributed by atoms with E-state index in [1.54, 1.807) is 36.9 Å². The number of alkyl halides is 1. The van der Waals surface area contributed by atoms with Crippen LogP contribution < -0.4 is 16.9 Å². The van der Waals surface area contributed by atoms with E-state index in [1.807, 2.05) is 48.5 Å². The summed E-state index contributed by atoms with van der Waals surface area (Å²) in [6, 6.07) is 31.5. The van der Waals surface area contributed by atoms with Gasteiger partial charge < -0.3 is 31.5 Å². The second-order valence-electron chi connectivity index (χ2n) is 11.6. The minimum Gasteiger partial charge on any atom is -0.423 e. The number of Topliss-reactive ketones (excluding diaryl/α,β-unsaturated/α-hetero) is 1. The topological polar surface area (TPSA) is 193 Å². The summed E-state index contributed by atoms with van der Waals surface area (Å²) in [6.45, 7) is 0. The fourth-order valence-corrected chi connectivity index (χ4v) is 5.47. The second-order valence-corrected chi connectivity index (χ2v) is 14.0. The van der Waals surface area contributed by atoms with Crippen LogP contribution in [0.1, 0.15) is 28.1 Å². The van der Waals surface area contributed by atoms with Crippen LogP contribution >= 0.6 is 60.2 Å². The Morgan fingerprint density at radius 3 is 1.40 bits per heavy atom. The molecule has 0 bridgehead atoms. The average molecular weight is 954 g/mol. The molecule has 0 unspecified atom stereocenters. The molecule has 0 atom stereocenters. The standard InChI is InChI=1S/C15H14N4.C10H10BrN3.C9H8Br2O.C5H6BNO2.ClH/c16-15-18-10-14(19-15)9-11-1-3-12(4-2-11)13-5-7-17-8-6-13;11-8-3-1-7(2-4-8)5-9-6-13-10(12)14-9;10-6-9(12)5-7-1-3-8(11)4-2-7;8-6(9)5-1-3-7-4-2-5;/h1-8,10H,9H2,(H3,16,18,19);1-4,6H,5H2,(H3,12,13,14);1-4H,5-6H2;1-4,8-9H;1H. The van der Waals surface area contributed by atoms with E-state index in [0.29, 0.717) is 29.1 Å². The van der Waals surface area contributed by atoms with E-state index in [9.17, 15) is 4.79 Å². The Labute approximate surface area is 351 Å². The highest BCUT2D eigenvalue weighted by atomic mass is 79.9. The van der Waals surface area contributed by atoms with Gasteiger partial charge in [-0.2, -0.15) is 0 Å². The highest BCUT2D eigenvalue weighted by Gasteiger charge is 2.08. The van der Waals surface area contributed by atoms with E-state index >= 15 is 0 Å². The number of nitrogens with two attached hydrogens (primary N) is 2. The predicted octanol–water partition coefficient (Wildman–Crippen LogP) is 7.13. The third kappa shape index (κ3) is 16.7. The SMILES string of the molecule is Cl.Nc1ncc(Cc2ccc(-c3ccncc3)cc2)[nH]1.Nc1ncc(Cc2ccc(Br)cc2)[nH]1.O=C(CBr)Cc1ccc(Br)cc1.OB(O)c1ccncc1. The van der Waals surface area contributed by atoms with Gasteiger partial charge in [0.05, 0.1) is 17.7 Å². The number of carbonyl (C=O) groups is 1. The molecule has 0 aliphatic heterocycles. The number of benzene rings is 3. The number of rotatable bonds is 9. The molecule has 4 aromatic heterocycles. The number of nitrogens with zero attached hydrogens (tertiary/aromatic N) is 4. The molecule has 7 rings (SSSR count). The Morgan fingerprint density at radius 2 is 1.02 bits per heavy atom. The minimum absolute atomic E-state index is 0. The number of H-pyrrole nitrogens is 2. The molecule has 0 aliphatic carbocycles. The van der Waals surface area contributed by atoms with E-state index in [2.05, 4.69) is 114 Å². The van der Waals surface area contributed by atoms with Gasteiger partial charge in [-0.15, -0.1) is 12.4 Å². The zero-order valence-corrected chi connectivity index (χ0v) is 35.0. The molecule has 284 valence electrons. The van der Waals surface area contributed by atoms with Crippen LogP contribution in [0.4, 0.5) is 11.9 Å². The van der Waals surface area contributed by atoms with E-state index in [4.69, 9.17) is 21.5 Å². The highest BCUT2D eigenvalue weighted by molar-refractivity contribution is 9.10. The molecule has 0 fully saturated rings. The summed E-state index contributed by atoms with van der Waals surface area (Å²) in [7, 11) is -1.38. The first-order valence-corrected chi connectivity index (χ1v) is 19.2. The van der Waals surface area contributed by atoms with Crippen molar-refractivity contribution in [3.8, 4) is 11.1 Å². The van der Waals surface area contributed by atoms with Gasteiger partial charge in [0, 0.05) is 64.4 Å². The Morgan fingerprint density at radius 1 is 0.618 bits per heavy atom. The number of aromatic nitrogens is 6. The van der Waals surface area contributed by atoms with Crippen molar-refractivity contribution in [2.45, 2.75) is 19.3 Å². The molecule has 11 nitrogen and oxygen atoms in total. The molecule has 0 saturated carbocycles. The highest BCUT2D eigenvalue weighted by Crippen LogP contribution is 2.20. The quantitative estimate of drug-likeness (QED) is 0.0646. The van der Waals surface area contributed by atoms with Crippen molar-refractivity contribution in [2.24, 2.45) is 0 Å². The molecule has 0 aliphatic rings. The number of halogens is 4. The van der Waals surface area contributed by atoms with E-state index in [-0.39, 0.29) is 18.2 Å². The zero-order valence-electron chi connectivity index (χ0n) is 29.4. The summed E-state index contributed by atoms with van der Waals surface area (Å²) in [4.78, 5) is 32.7. The molecular formula is C39H39BBr3ClN8O3. The lowest BCUT2D eigenvalue weighted by atomic mass is 9.81. The normalized spacial score (nSPS) is 9.91. The van der Waals surface area contributed by atoms with Gasteiger partial charge in [-0.3, -0.25) is 14.8 Å². The summed E-state index contributed by atoms with van der Waals surface area (Å²) < 4.78 is 2.13. The van der Waals surface area contributed by atoms with Gasteiger partial charge in [0.25, 0.3) is 0 Å². The molecule has 16 heteroatoms. The van der Waals surface area contributed by atoms with Crippen molar-refractivity contribution < 1.29 is 14.8 Å².